The maximum Gasteiger partial charge on any atom is 0.354 e. The lowest BCUT2D eigenvalue weighted by atomic mass is 9.94. The molecule has 2 aliphatic heterocycles. The number of morpholine rings is 1. The molecule has 1 aromatic carbocycles. The van der Waals surface area contributed by atoms with Gasteiger partial charge in [-0.1, -0.05) is 12.1 Å². The summed E-state index contributed by atoms with van der Waals surface area (Å²) in [5.74, 6) is -1.74. The van der Waals surface area contributed by atoms with Crippen molar-refractivity contribution >= 4 is 23.4 Å². The van der Waals surface area contributed by atoms with Crippen LogP contribution in [0.1, 0.15) is 38.9 Å². The van der Waals surface area contributed by atoms with Crippen LogP contribution in [-0.4, -0.2) is 91.2 Å². The lowest BCUT2D eigenvalue weighted by Gasteiger charge is -2.31. The quantitative estimate of drug-likeness (QED) is 0.258. The molecule has 192 valence electrons. The van der Waals surface area contributed by atoms with Gasteiger partial charge < -0.3 is 29.2 Å². The van der Waals surface area contributed by atoms with Crippen molar-refractivity contribution in [2.45, 2.75) is 19.9 Å². The average molecular weight is 498 g/mol. The number of hydrogen-bond donors (Lipinski definition) is 2. The molecular weight excluding hydrogens is 466 g/mol. The van der Waals surface area contributed by atoms with Crippen LogP contribution in [-0.2, 0) is 19.1 Å². The molecule has 2 N–H and O–H groups in total. The smallest absolute Gasteiger partial charge is 0.354 e. The predicted octanol–water partition coefficient (Wildman–Crippen LogP) is 2.18. The van der Waals surface area contributed by atoms with E-state index in [0.29, 0.717) is 54.4 Å². The highest BCUT2D eigenvalue weighted by Gasteiger charge is 2.46. The highest BCUT2D eigenvalue weighted by atomic mass is 16.5. The maximum atomic E-state index is 13.3. The normalized spacial score (nSPS) is 20.1. The van der Waals surface area contributed by atoms with Crippen molar-refractivity contribution in [2.24, 2.45) is 0 Å². The Bertz CT molecular complexity index is 1190. The molecule has 10 heteroatoms. The standard InChI is InChI=1S/C26H31N3O7/c1-15-19(16(2)27-21(15)26(33)35-4)23(30)20-22(17-5-7-18(34-3)8-6-17)29(25(32)24(20)31)10-9-28-11-13-36-14-12-28/h5-8,22,27,30H,9-14H2,1-4H3/t22-/m1/s1. The molecule has 2 aromatic rings. The lowest BCUT2D eigenvalue weighted by Crippen LogP contribution is -2.42. The minimum Gasteiger partial charge on any atom is -0.507 e. The molecule has 0 aliphatic carbocycles. The van der Waals surface area contributed by atoms with Crippen LogP contribution >= 0.6 is 0 Å². The molecule has 2 aliphatic rings. The topological polar surface area (TPSA) is 121 Å². The van der Waals surface area contributed by atoms with Crippen molar-refractivity contribution in [3.63, 3.8) is 0 Å². The number of benzene rings is 1. The molecule has 1 aromatic heterocycles. The summed E-state index contributed by atoms with van der Waals surface area (Å²) in [7, 11) is 2.82. The largest absolute Gasteiger partial charge is 0.507 e. The van der Waals surface area contributed by atoms with Gasteiger partial charge in [0.05, 0.1) is 39.0 Å². The number of aliphatic hydroxyl groups excluding tert-OH is 1. The van der Waals surface area contributed by atoms with Crippen LogP contribution in [0, 0.1) is 13.8 Å². The number of H-pyrrole nitrogens is 1. The summed E-state index contributed by atoms with van der Waals surface area (Å²) in [6, 6.07) is 6.26. The summed E-state index contributed by atoms with van der Waals surface area (Å²) in [5.41, 5.74) is 2.05. The first-order valence-electron chi connectivity index (χ1n) is 11.8. The number of aromatic nitrogens is 1. The number of likely N-dealkylation sites (tertiary alicyclic amines) is 1. The fourth-order valence-corrected chi connectivity index (χ4v) is 4.86. The number of methoxy groups -OCH3 is 2. The average Bonchev–Trinajstić information content (AvgIpc) is 3.34. The third kappa shape index (κ3) is 4.61. The predicted molar refractivity (Wildman–Crippen MR) is 131 cm³/mol. The Balaban J connectivity index is 1.80. The number of amides is 1. The second-order valence-corrected chi connectivity index (χ2v) is 8.84. The molecule has 3 heterocycles. The van der Waals surface area contributed by atoms with E-state index in [9.17, 15) is 19.5 Å². The van der Waals surface area contributed by atoms with Crippen LogP contribution in [0.15, 0.2) is 29.8 Å². The molecule has 1 atom stereocenters. The molecular formula is C26H31N3O7. The second-order valence-electron chi connectivity index (χ2n) is 8.84. The molecule has 10 nitrogen and oxygen atoms in total. The number of carbonyl (C=O) groups is 3. The van der Waals surface area contributed by atoms with Crippen LogP contribution in [0.4, 0.5) is 0 Å². The number of aryl methyl sites for hydroxylation is 1. The highest BCUT2D eigenvalue weighted by Crippen LogP contribution is 2.41. The number of rotatable bonds is 7. The summed E-state index contributed by atoms with van der Waals surface area (Å²) in [5, 5.41) is 11.5. The number of esters is 1. The van der Waals surface area contributed by atoms with Gasteiger partial charge in [0, 0.05) is 37.4 Å². The zero-order chi connectivity index (χ0) is 26.0. The van der Waals surface area contributed by atoms with Crippen LogP contribution in [0.3, 0.4) is 0 Å². The zero-order valence-electron chi connectivity index (χ0n) is 20.9. The Morgan fingerprint density at radius 1 is 1.11 bits per heavy atom. The van der Waals surface area contributed by atoms with Crippen molar-refractivity contribution < 1.29 is 33.7 Å². The van der Waals surface area contributed by atoms with Crippen LogP contribution in [0.2, 0.25) is 0 Å². The lowest BCUT2D eigenvalue weighted by molar-refractivity contribution is -0.140. The number of nitrogens with one attached hydrogen (secondary N) is 1. The van der Waals surface area contributed by atoms with E-state index in [1.54, 1.807) is 45.2 Å². The molecule has 1 amide bonds. The molecule has 0 saturated carbocycles. The SMILES string of the molecule is COC(=O)c1[nH]c(C)c(C(O)=C2C(=O)C(=O)N(CCN3CCOCC3)[C@@H]2c2ccc(OC)cc2)c1C. The minimum absolute atomic E-state index is 0.0197. The van der Waals surface area contributed by atoms with Crippen molar-refractivity contribution in [2.75, 3.05) is 53.6 Å². The van der Waals surface area contributed by atoms with Gasteiger partial charge in [0.15, 0.2) is 0 Å². The fourth-order valence-electron chi connectivity index (χ4n) is 4.86. The first-order valence-corrected chi connectivity index (χ1v) is 11.8. The van der Waals surface area contributed by atoms with Gasteiger partial charge in [-0.05, 0) is 37.1 Å². The third-order valence-corrected chi connectivity index (χ3v) is 6.80. The van der Waals surface area contributed by atoms with Crippen molar-refractivity contribution in [3.8, 4) is 5.75 Å². The Labute approximate surface area is 209 Å². The molecule has 0 radical (unpaired) electrons. The zero-order valence-corrected chi connectivity index (χ0v) is 20.9. The van der Waals surface area contributed by atoms with Gasteiger partial charge in [-0.15, -0.1) is 0 Å². The van der Waals surface area contributed by atoms with E-state index in [0.717, 1.165) is 13.1 Å². The van der Waals surface area contributed by atoms with Gasteiger partial charge in [0.1, 0.15) is 17.2 Å². The second kappa shape index (κ2) is 10.5. The van der Waals surface area contributed by atoms with Crippen LogP contribution in [0.25, 0.3) is 5.76 Å². The number of hydrogen-bond acceptors (Lipinski definition) is 8. The fraction of sp³-hybridized carbons (Fsp3) is 0.423. The maximum absolute atomic E-state index is 13.3. The summed E-state index contributed by atoms with van der Waals surface area (Å²) >= 11 is 0. The van der Waals surface area contributed by atoms with Gasteiger partial charge >= 0.3 is 5.97 Å². The van der Waals surface area contributed by atoms with E-state index in [1.807, 2.05) is 0 Å². The minimum atomic E-state index is -0.799. The first kappa shape index (κ1) is 25.5. The van der Waals surface area contributed by atoms with Crippen molar-refractivity contribution in [1.29, 1.82) is 0 Å². The molecule has 2 saturated heterocycles. The molecule has 0 unspecified atom stereocenters. The number of ether oxygens (including phenoxy) is 3. The number of Topliss-reactive ketones (excluding diaryl/α,β-unsaturated/α-hetero) is 1. The Morgan fingerprint density at radius 2 is 1.78 bits per heavy atom. The summed E-state index contributed by atoms with van der Waals surface area (Å²) in [6.07, 6.45) is 0. The molecule has 0 spiro atoms. The van der Waals surface area contributed by atoms with E-state index in [2.05, 4.69) is 9.88 Å². The summed E-state index contributed by atoms with van der Waals surface area (Å²) < 4.78 is 15.5. The van der Waals surface area contributed by atoms with Crippen molar-refractivity contribution in [1.82, 2.24) is 14.8 Å². The van der Waals surface area contributed by atoms with Crippen LogP contribution < -0.4 is 4.74 Å². The van der Waals surface area contributed by atoms with Gasteiger partial charge in [0.25, 0.3) is 11.7 Å². The van der Waals surface area contributed by atoms with E-state index in [1.165, 1.54) is 12.0 Å². The molecule has 36 heavy (non-hydrogen) atoms. The van der Waals surface area contributed by atoms with Gasteiger partial charge in [-0.3, -0.25) is 14.5 Å². The molecule has 0 bridgehead atoms. The summed E-state index contributed by atoms with van der Waals surface area (Å²) in [6.45, 7) is 6.94. The Morgan fingerprint density at radius 3 is 2.39 bits per heavy atom. The number of aliphatic hydroxyl groups is 1. The van der Waals surface area contributed by atoms with E-state index in [-0.39, 0.29) is 17.0 Å². The summed E-state index contributed by atoms with van der Waals surface area (Å²) in [4.78, 5) is 45.4. The monoisotopic (exact) mass is 497 g/mol. The van der Waals surface area contributed by atoms with E-state index in [4.69, 9.17) is 14.2 Å². The van der Waals surface area contributed by atoms with E-state index < -0.39 is 23.7 Å². The Kier molecular flexibility index (Phi) is 7.46. The number of aromatic amines is 1. The van der Waals surface area contributed by atoms with Crippen LogP contribution in [0.5, 0.6) is 5.75 Å². The van der Waals surface area contributed by atoms with Crippen molar-refractivity contribution in [3.05, 3.63) is 57.9 Å². The molecule has 2 fully saturated rings. The number of ketones is 1. The van der Waals surface area contributed by atoms with E-state index >= 15 is 0 Å². The molecule has 4 rings (SSSR count). The first-order chi connectivity index (χ1) is 17.3. The highest BCUT2D eigenvalue weighted by molar-refractivity contribution is 6.46. The van der Waals surface area contributed by atoms with Gasteiger partial charge in [0.2, 0.25) is 0 Å². The van der Waals surface area contributed by atoms with Gasteiger partial charge in [-0.2, -0.15) is 0 Å². The third-order valence-electron chi connectivity index (χ3n) is 6.80. The Hall–Kier alpha value is -3.63. The van der Waals surface area contributed by atoms with Gasteiger partial charge in [-0.25, -0.2) is 4.79 Å². The number of nitrogens with zero attached hydrogens (tertiary/aromatic N) is 2. The number of carbonyl (C=O) groups excluding carboxylic acids is 3.